The summed E-state index contributed by atoms with van der Waals surface area (Å²) >= 11 is 0. The molecule has 4 heteroatoms. The molecule has 1 saturated heterocycles. The summed E-state index contributed by atoms with van der Waals surface area (Å²) in [6.07, 6.45) is 0.770. The standard InChI is InChI=1S/C8H13NO2.B/c1-8(2,3)9-6(10)4-5-7(9)11;/h4-5H2,1-3H3;. The van der Waals surface area contributed by atoms with Gasteiger partial charge in [0.2, 0.25) is 11.8 Å². The maximum Gasteiger partial charge on any atom is 0.230 e. The van der Waals surface area contributed by atoms with Crippen LogP contribution in [0.1, 0.15) is 33.6 Å². The highest BCUT2D eigenvalue weighted by Crippen LogP contribution is 2.22. The molecule has 0 aromatic rings. The highest BCUT2D eigenvalue weighted by molar-refractivity contribution is 6.02. The van der Waals surface area contributed by atoms with Gasteiger partial charge in [0.05, 0.1) is 0 Å². The van der Waals surface area contributed by atoms with Crippen LogP contribution in [0.3, 0.4) is 0 Å². The molecule has 1 rings (SSSR count). The summed E-state index contributed by atoms with van der Waals surface area (Å²) in [4.78, 5) is 23.6. The number of nitrogens with zero attached hydrogens (tertiary/aromatic N) is 1. The molecule has 1 fully saturated rings. The van der Waals surface area contributed by atoms with E-state index in [1.165, 1.54) is 4.90 Å². The van der Waals surface area contributed by atoms with Crippen LogP contribution in [0, 0.1) is 0 Å². The van der Waals surface area contributed by atoms with Crippen molar-refractivity contribution >= 4 is 20.2 Å². The van der Waals surface area contributed by atoms with E-state index >= 15 is 0 Å². The van der Waals surface area contributed by atoms with Crippen LogP contribution in [0.25, 0.3) is 0 Å². The third kappa shape index (κ3) is 1.87. The highest BCUT2D eigenvalue weighted by atomic mass is 16.2. The fourth-order valence-electron chi connectivity index (χ4n) is 1.32. The second-order valence-electron chi connectivity index (χ2n) is 3.79. The first-order valence-corrected chi connectivity index (χ1v) is 3.79. The first kappa shape index (κ1) is 11.2. The highest BCUT2D eigenvalue weighted by Gasteiger charge is 2.36. The summed E-state index contributed by atoms with van der Waals surface area (Å²) in [6, 6.07) is 0. The number of rotatable bonds is 0. The van der Waals surface area contributed by atoms with E-state index in [1.807, 2.05) is 20.8 Å². The predicted octanol–water partition coefficient (Wildman–Crippen LogP) is 0.553. The lowest BCUT2D eigenvalue weighted by Gasteiger charge is -2.29. The molecule has 65 valence electrons. The van der Waals surface area contributed by atoms with Gasteiger partial charge >= 0.3 is 0 Å². The number of imide groups is 1. The van der Waals surface area contributed by atoms with Crippen molar-refractivity contribution in [3.05, 3.63) is 0 Å². The molecule has 0 unspecified atom stereocenters. The first-order chi connectivity index (χ1) is 4.93. The van der Waals surface area contributed by atoms with Gasteiger partial charge in [0.15, 0.2) is 0 Å². The lowest BCUT2D eigenvalue weighted by molar-refractivity contribution is -0.143. The van der Waals surface area contributed by atoms with Crippen LogP contribution < -0.4 is 0 Å². The average Bonchev–Trinajstić information content (AvgIpc) is 2.08. The van der Waals surface area contributed by atoms with Gasteiger partial charge in [0.25, 0.3) is 0 Å². The van der Waals surface area contributed by atoms with Crippen LogP contribution in [0.2, 0.25) is 0 Å². The van der Waals surface area contributed by atoms with Gasteiger partial charge in [0.1, 0.15) is 0 Å². The Balaban J connectivity index is 0.00000121. The van der Waals surface area contributed by atoms with E-state index in [1.54, 1.807) is 0 Å². The molecular weight excluding hydrogens is 153 g/mol. The zero-order chi connectivity index (χ0) is 8.65. The molecular formula is C8H13BNO2. The minimum Gasteiger partial charge on any atom is -0.277 e. The van der Waals surface area contributed by atoms with E-state index in [4.69, 9.17) is 0 Å². The molecule has 1 aliphatic heterocycles. The van der Waals surface area contributed by atoms with Crippen molar-refractivity contribution in [1.29, 1.82) is 0 Å². The van der Waals surface area contributed by atoms with Crippen molar-refractivity contribution < 1.29 is 9.59 Å². The van der Waals surface area contributed by atoms with Crippen molar-refractivity contribution in [2.45, 2.75) is 39.2 Å². The van der Waals surface area contributed by atoms with Crippen LogP contribution in [-0.4, -0.2) is 30.7 Å². The minimum absolute atomic E-state index is 0. The van der Waals surface area contributed by atoms with Crippen molar-refractivity contribution in [3.63, 3.8) is 0 Å². The fourth-order valence-corrected chi connectivity index (χ4v) is 1.32. The number of carbonyl (C=O) groups is 2. The lowest BCUT2D eigenvalue weighted by atomic mass is 10.1. The van der Waals surface area contributed by atoms with Gasteiger partial charge in [-0.1, -0.05) is 0 Å². The number of hydrogen-bond donors (Lipinski definition) is 0. The molecule has 1 aliphatic rings. The molecule has 0 bridgehead atoms. The Hall–Kier alpha value is -0.795. The molecule has 0 aliphatic carbocycles. The van der Waals surface area contributed by atoms with Crippen molar-refractivity contribution in [3.8, 4) is 0 Å². The topological polar surface area (TPSA) is 37.4 Å². The van der Waals surface area contributed by atoms with E-state index in [0.717, 1.165) is 0 Å². The Morgan fingerprint density at radius 3 is 1.58 bits per heavy atom. The molecule has 0 N–H and O–H groups in total. The van der Waals surface area contributed by atoms with E-state index in [0.29, 0.717) is 12.8 Å². The Morgan fingerprint density at radius 2 is 1.42 bits per heavy atom. The smallest absolute Gasteiger partial charge is 0.230 e. The molecule has 0 saturated carbocycles. The minimum atomic E-state index is -0.343. The molecule has 0 aromatic carbocycles. The summed E-state index contributed by atoms with van der Waals surface area (Å²) in [7, 11) is 0. The van der Waals surface area contributed by atoms with Crippen molar-refractivity contribution in [2.24, 2.45) is 0 Å². The van der Waals surface area contributed by atoms with Gasteiger partial charge in [-0.05, 0) is 20.8 Å². The van der Waals surface area contributed by atoms with Crippen LogP contribution in [0.4, 0.5) is 0 Å². The molecule has 3 nitrogen and oxygen atoms in total. The second kappa shape index (κ2) is 3.29. The molecule has 0 atom stereocenters. The lowest BCUT2D eigenvalue weighted by Crippen LogP contribution is -2.44. The summed E-state index contributed by atoms with van der Waals surface area (Å²) in [5.74, 6) is -0.0787. The van der Waals surface area contributed by atoms with Gasteiger partial charge in [-0.15, -0.1) is 0 Å². The van der Waals surface area contributed by atoms with E-state index in [-0.39, 0.29) is 25.8 Å². The molecule has 2 amide bonds. The zero-order valence-corrected chi connectivity index (χ0v) is 7.76. The van der Waals surface area contributed by atoms with Gasteiger partial charge in [-0.3, -0.25) is 14.5 Å². The quantitative estimate of drug-likeness (QED) is 0.389. The Labute approximate surface area is 74.7 Å². The van der Waals surface area contributed by atoms with Crippen molar-refractivity contribution in [1.82, 2.24) is 4.90 Å². The molecule has 0 aromatic heterocycles. The Bertz CT molecular complexity index is 192. The van der Waals surface area contributed by atoms with Gasteiger partial charge in [0, 0.05) is 26.8 Å². The van der Waals surface area contributed by atoms with Crippen LogP contribution in [0.15, 0.2) is 0 Å². The van der Waals surface area contributed by atoms with E-state index in [9.17, 15) is 9.59 Å². The summed E-state index contributed by atoms with van der Waals surface area (Å²) in [5.41, 5.74) is -0.343. The largest absolute Gasteiger partial charge is 0.277 e. The fraction of sp³-hybridized carbons (Fsp3) is 0.750. The zero-order valence-electron chi connectivity index (χ0n) is 7.76. The monoisotopic (exact) mass is 166 g/mol. The normalized spacial score (nSPS) is 18.1. The Morgan fingerprint density at radius 1 is 1.08 bits per heavy atom. The van der Waals surface area contributed by atoms with Crippen LogP contribution in [-0.2, 0) is 9.59 Å². The number of amides is 2. The molecule has 12 heavy (non-hydrogen) atoms. The molecule has 1 heterocycles. The second-order valence-corrected chi connectivity index (χ2v) is 3.79. The summed E-state index contributed by atoms with van der Waals surface area (Å²) < 4.78 is 0. The van der Waals surface area contributed by atoms with Crippen molar-refractivity contribution in [2.75, 3.05) is 0 Å². The predicted molar refractivity (Wildman–Crippen MR) is 46.6 cm³/mol. The van der Waals surface area contributed by atoms with Crippen LogP contribution >= 0.6 is 0 Å². The van der Waals surface area contributed by atoms with Gasteiger partial charge in [-0.2, -0.15) is 0 Å². The third-order valence-corrected chi connectivity index (χ3v) is 1.72. The summed E-state index contributed by atoms with van der Waals surface area (Å²) in [5, 5.41) is 0. The van der Waals surface area contributed by atoms with Crippen LogP contribution in [0.5, 0.6) is 0 Å². The maximum atomic E-state index is 11.1. The van der Waals surface area contributed by atoms with E-state index in [2.05, 4.69) is 0 Å². The number of hydrogen-bond acceptors (Lipinski definition) is 2. The van der Waals surface area contributed by atoms with E-state index < -0.39 is 0 Å². The third-order valence-electron chi connectivity index (χ3n) is 1.72. The van der Waals surface area contributed by atoms with Gasteiger partial charge < -0.3 is 0 Å². The number of likely N-dealkylation sites (tertiary alicyclic amines) is 1. The maximum absolute atomic E-state index is 11.1. The number of carbonyl (C=O) groups excluding carboxylic acids is 2. The molecule has 0 spiro atoms. The first-order valence-electron chi connectivity index (χ1n) is 3.79. The SMILES string of the molecule is CC(C)(C)N1C(=O)CCC1=O.[B]. The Kier molecular flexibility index (Phi) is 3.07. The summed E-state index contributed by atoms with van der Waals surface area (Å²) in [6.45, 7) is 5.61. The molecule has 3 radical (unpaired) electrons. The average molecular weight is 166 g/mol. The van der Waals surface area contributed by atoms with Gasteiger partial charge in [-0.25, -0.2) is 0 Å².